The minimum Gasteiger partial charge on any atom is -0.312 e. The highest BCUT2D eigenvalue weighted by Crippen LogP contribution is 2.23. The van der Waals surface area contributed by atoms with Gasteiger partial charge in [-0.15, -0.1) is 0 Å². The lowest BCUT2D eigenvalue weighted by Crippen LogP contribution is -2.36. The fourth-order valence-electron chi connectivity index (χ4n) is 2.47. The normalized spacial score (nSPS) is 17.4. The summed E-state index contributed by atoms with van der Waals surface area (Å²) in [4.78, 5) is 2.48. The largest absolute Gasteiger partial charge is 0.312 e. The highest BCUT2D eigenvalue weighted by Gasteiger charge is 2.24. The second kappa shape index (κ2) is 6.35. The van der Waals surface area contributed by atoms with Gasteiger partial charge in [-0.2, -0.15) is 0 Å². The van der Waals surface area contributed by atoms with E-state index >= 15 is 0 Å². The van der Waals surface area contributed by atoms with Gasteiger partial charge in [-0.05, 0) is 31.4 Å². The molecule has 1 aliphatic rings. The van der Waals surface area contributed by atoms with E-state index in [1.807, 2.05) is 0 Å². The van der Waals surface area contributed by atoms with Crippen molar-refractivity contribution in [3.8, 4) is 0 Å². The first kappa shape index (κ1) is 13.6. The van der Waals surface area contributed by atoms with Crippen LogP contribution in [0.25, 0.3) is 0 Å². The number of rotatable bonds is 7. The third-order valence-corrected chi connectivity index (χ3v) is 3.55. The minimum absolute atomic E-state index is 0.495. The quantitative estimate of drug-likeness (QED) is 0.795. The Labute approximate surface area is 111 Å². The summed E-state index contributed by atoms with van der Waals surface area (Å²) in [6.45, 7) is 6.78. The summed E-state index contributed by atoms with van der Waals surface area (Å²) in [5.41, 5.74) is 1.42. The molecule has 1 aromatic rings. The molecule has 0 aliphatic heterocycles. The van der Waals surface area contributed by atoms with Gasteiger partial charge >= 0.3 is 0 Å². The number of likely N-dealkylation sites (N-methyl/N-ethyl adjacent to an activating group) is 1. The Morgan fingerprint density at radius 2 is 1.89 bits per heavy atom. The van der Waals surface area contributed by atoms with Crippen LogP contribution in [0.5, 0.6) is 0 Å². The first-order chi connectivity index (χ1) is 8.66. The highest BCUT2D eigenvalue weighted by atomic mass is 15.2. The van der Waals surface area contributed by atoms with Crippen LogP contribution in [0.3, 0.4) is 0 Å². The molecular formula is C16H26N2. The van der Waals surface area contributed by atoms with Crippen LogP contribution >= 0.6 is 0 Å². The molecule has 1 aliphatic carbocycles. The maximum absolute atomic E-state index is 3.67. The molecule has 18 heavy (non-hydrogen) atoms. The molecule has 1 N–H and O–H groups in total. The number of nitrogens with one attached hydrogen (secondary N) is 1. The van der Waals surface area contributed by atoms with Crippen LogP contribution in [0, 0.1) is 5.92 Å². The molecule has 0 bridgehead atoms. The summed E-state index contributed by atoms with van der Waals surface area (Å²) in [6.07, 6.45) is 2.71. The van der Waals surface area contributed by atoms with E-state index in [2.05, 4.69) is 61.4 Å². The summed E-state index contributed by atoms with van der Waals surface area (Å²) in [5, 5.41) is 3.67. The van der Waals surface area contributed by atoms with Crippen LogP contribution in [-0.2, 0) is 0 Å². The molecule has 0 heterocycles. The van der Waals surface area contributed by atoms with Crippen molar-refractivity contribution in [2.45, 2.75) is 38.8 Å². The Morgan fingerprint density at radius 3 is 2.44 bits per heavy atom. The van der Waals surface area contributed by atoms with Crippen molar-refractivity contribution in [3.63, 3.8) is 0 Å². The molecule has 100 valence electrons. The molecule has 0 amide bonds. The van der Waals surface area contributed by atoms with Crippen molar-refractivity contribution in [3.05, 3.63) is 35.9 Å². The van der Waals surface area contributed by atoms with Gasteiger partial charge in [-0.25, -0.2) is 0 Å². The monoisotopic (exact) mass is 246 g/mol. The molecule has 1 unspecified atom stereocenters. The van der Waals surface area contributed by atoms with Gasteiger partial charge in [0.2, 0.25) is 0 Å². The summed E-state index contributed by atoms with van der Waals surface area (Å²) in [7, 11) is 2.24. The SMILES string of the molecule is CC(C)CN(C)C(CNC1CC1)c1ccccc1. The lowest BCUT2D eigenvalue weighted by Gasteiger charge is -2.30. The molecule has 1 fully saturated rings. The average Bonchev–Trinajstić information content (AvgIpc) is 3.14. The zero-order chi connectivity index (χ0) is 13.0. The third-order valence-electron chi connectivity index (χ3n) is 3.55. The van der Waals surface area contributed by atoms with Gasteiger partial charge in [0.1, 0.15) is 0 Å². The Kier molecular flexibility index (Phi) is 4.79. The van der Waals surface area contributed by atoms with Crippen LogP contribution in [-0.4, -0.2) is 31.1 Å². The van der Waals surface area contributed by atoms with E-state index in [1.54, 1.807) is 0 Å². The molecule has 1 saturated carbocycles. The van der Waals surface area contributed by atoms with E-state index in [4.69, 9.17) is 0 Å². The van der Waals surface area contributed by atoms with Gasteiger partial charge in [-0.1, -0.05) is 44.2 Å². The van der Waals surface area contributed by atoms with E-state index < -0.39 is 0 Å². The van der Waals surface area contributed by atoms with Gasteiger partial charge in [-0.3, -0.25) is 4.90 Å². The Bertz CT molecular complexity index is 343. The van der Waals surface area contributed by atoms with Crippen LogP contribution in [0.1, 0.15) is 38.3 Å². The van der Waals surface area contributed by atoms with Gasteiger partial charge in [0.05, 0.1) is 0 Å². The standard InChI is InChI=1S/C16H26N2/c1-13(2)12-18(3)16(11-17-15-9-10-15)14-7-5-4-6-8-14/h4-8,13,15-17H,9-12H2,1-3H3. The number of benzene rings is 1. The predicted octanol–water partition coefficient (Wildman–Crippen LogP) is 3.07. The van der Waals surface area contributed by atoms with Crippen LogP contribution in [0.4, 0.5) is 0 Å². The van der Waals surface area contributed by atoms with Gasteiger partial charge in [0.15, 0.2) is 0 Å². The Balaban J connectivity index is 2.00. The maximum atomic E-state index is 3.67. The third kappa shape index (κ3) is 4.11. The van der Waals surface area contributed by atoms with Crippen LogP contribution in [0.15, 0.2) is 30.3 Å². The van der Waals surface area contributed by atoms with E-state index in [1.165, 1.54) is 18.4 Å². The molecular weight excluding hydrogens is 220 g/mol. The average molecular weight is 246 g/mol. The number of nitrogens with zero attached hydrogens (tertiary/aromatic N) is 1. The second-order valence-electron chi connectivity index (χ2n) is 5.94. The molecule has 1 atom stereocenters. The van der Waals surface area contributed by atoms with Crippen molar-refractivity contribution in [2.75, 3.05) is 20.1 Å². The summed E-state index contributed by atoms with van der Waals surface area (Å²) >= 11 is 0. The van der Waals surface area contributed by atoms with E-state index in [-0.39, 0.29) is 0 Å². The molecule has 0 radical (unpaired) electrons. The van der Waals surface area contributed by atoms with Crippen LogP contribution < -0.4 is 5.32 Å². The van der Waals surface area contributed by atoms with E-state index in [0.29, 0.717) is 12.0 Å². The van der Waals surface area contributed by atoms with Gasteiger partial charge < -0.3 is 5.32 Å². The van der Waals surface area contributed by atoms with Crippen molar-refractivity contribution in [1.29, 1.82) is 0 Å². The summed E-state index contributed by atoms with van der Waals surface area (Å²) in [5.74, 6) is 0.710. The van der Waals surface area contributed by atoms with Crippen molar-refractivity contribution < 1.29 is 0 Å². The molecule has 2 nitrogen and oxygen atoms in total. The van der Waals surface area contributed by atoms with E-state index in [9.17, 15) is 0 Å². The maximum Gasteiger partial charge on any atom is 0.0469 e. The van der Waals surface area contributed by atoms with Gasteiger partial charge in [0.25, 0.3) is 0 Å². The summed E-state index contributed by atoms with van der Waals surface area (Å²) < 4.78 is 0. The zero-order valence-electron chi connectivity index (χ0n) is 11.9. The second-order valence-corrected chi connectivity index (χ2v) is 5.94. The predicted molar refractivity (Wildman–Crippen MR) is 77.7 cm³/mol. The lowest BCUT2D eigenvalue weighted by atomic mass is 10.0. The first-order valence-electron chi connectivity index (χ1n) is 7.15. The molecule has 1 aromatic carbocycles. The first-order valence-corrected chi connectivity index (χ1v) is 7.15. The van der Waals surface area contributed by atoms with Crippen molar-refractivity contribution >= 4 is 0 Å². The molecule has 0 spiro atoms. The Hall–Kier alpha value is -0.860. The fraction of sp³-hybridized carbons (Fsp3) is 0.625. The highest BCUT2D eigenvalue weighted by molar-refractivity contribution is 5.19. The summed E-state index contributed by atoms with van der Waals surface area (Å²) in [6, 6.07) is 12.1. The molecule has 0 saturated heterocycles. The van der Waals surface area contributed by atoms with Crippen molar-refractivity contribution in [1.82, 2.24) is 10.2 Å². The van der Waals surface area contributed by atoms with Crippen LogP contribution in [0.2, 0.25) is 0 Å². The zero-order valence-corrected chi connectivity index (χ0v) is 11.9. The van der Waals surface area contributed by atoms with Crippen molar-refractivity contribution in [2.24, 2.45) is 5.92 Å². The Morgan fingerprint density at radius 1 is 1.22 bits per heavy atom. The number of hydrogen-bond acceptors (Lipinski definition) is 2. The smallest absolute Gasteiger partial charge is 0.0469 e. The fourth-order valence-corrected chi connectivity index (χ4v) is 2.47. The topological polar surface area (TPSA) is 15.3 Å². The lowest BCUT2D eigenvalue weighted by molar-refractivity contribution is 0.213. The minimum atomic E-state index is 0.495. The molecule has 2 rings (SSSR count). The number of hydrogen-bond donors (Lipinski definition) is 1. The molecule has 2 heteroatoms. The van der Waals surface area contributed by atoms with E-state index in [0.717, 1.165) is 19.1 Å². The molecule has 0 aromatic heterocycles. The van der Waals surface area contributed by atoms with Gasteiger partial charge in [0, 0.05) is 25.2 Å².